The zero-order valence-electron chi connectivity index (χ0n) is 17.1. The van der Waals surface area contributed by atoms with Crippen LogP contribution in [0.4, 0.5) is 5.69 Å². The van der Waals surface area contributed by atoms with Gasteiger partial charge in [-0.2, -0.15) is 0 Å². The SMILES string of the molecule is CCC(=O)N1CCCC(C(=O)Nc2cccc(-c3nnc4n3CCCCC4)c2)C1. The fraction of sp³-hybridized carbons (Fsp3) is 0.545. The molecule has 4 rings (SSSR count). The van der Waals surface area contributed by atoms with Gasteiger partial charge in [-0.1, -0.05) is 25.5 Å². The van der Waals surface area contributed by atoms with E-state index in [1.807, 2.05) is 36.1 Å². The Hall–Kier alpha value is -2.70. The van der Waals surface area contributed by atoms with Crippen molar-refractivity contribution < 1.29 is 9.59 Å². The van der Waals surface area contributed by atoms with E-state index < -0.39 is 0 Å². The molecule has 1 fully saturated rings. The van der Waals surface area contributed by atoms with Gasteiger partial charge < -0.3 is 14.8 Å². The van der Waals surface area contributed by atoms with Gasteiger partial charge in [0.05, 0.1) is 5.92 Å². The summed E-state index contributed by atoms with van der Waals surface area (Å²) in [5, 5.41) is 11.8. The molecule has 2 aliphatic heterocycles. The first kappa shape index (κ1) is 19.6. The lowest BCUT2D eigenvalue weighted by atomic mass is 9.96. The average Bonchev–Trinajstić information content (AvgIpc) is 3.01. The molecule has 0 spiro atoms. The highest BCUT2D eigenvalue weighted by atomic mass is 16.2. The van der Waals surface area contributed by atoms with Crippen molar-refractivity contribution in [3.05, 3.63) is 30.1 Å². The summed E-state index contributed by atoms with van der Waals surface area (Å²) in [5.41, 5.74) is 1.73. The Morgan fingerprint density at radius 1 is 1.14 bits per heavy atom. The second-order valence-electron chi connectivity index (χ2n) is 8.00. The normalized spacial score (nSPS) is 19.3. The number of benzene rings is 1. The number of fused-ring (bicyclic) bond motifs is 1. The predicted molar refractivity (Wildman–Crippen MR) is 111 cm³/mol. The third-order valence-corrected chi connectivity index (χ3v) is 5.95. The summed E-state index contributed by atoms with van der Waals surface area (Å²) in [6.45, 7) is 4.07. The molecule has 1 unspecified atom stereocenters. The van der Waals surface area contributed by atoms with E-state index in [9.17, 15) is 9.59 Å². The van der Waals surface area contributed by atoms with Gasteiger partial charge in [0, 0.05) is 43.7 Å². The summed E-state index contributed by atoms with van der Waals surface area (Å²) in [7, 11) is 0. The molecule has 7 nitrogen and oxygen atoms in total. The van der Waals surface area contributed by atoms with Crippen LogP contribution in [-0.2, 0) is 22.6 Å². The topological polar surface area (TPSA) is 80.1 Å². The van der Waals surface area contributed by atoms with E-state index in [2.05, 4.69) is 20.1 Å². The van der Waals surface area contributed by atoms with Crippen LogP contribution in [0.5, 0.6) is 0 Å². The van der Waals surface area contributed by atoms with Crippen molar-refractivity contribution in [1.29, 1.82) is 0 Å². The number of anilines is 1. The Morgan fingerprint density at radius 2 is 2.03 bits per heavy atom. The highest BCUT2D eigenvalue weighted by Crippen LogP contribution is 2.26. The molecule has 0 saturated carbocycles. The van der Waals surface area contributed by atoms with Crippen LogP contribution < -0.4 is 5.32 Å². The maximum atomic E-state index is 12.8. The average molecular weight is 396 g/mol. The maximum Gasteiger partial charge on any atom is 0.229 e. The smallest absolute Gasteiger partial charge is 0.229 e. The molecule has 0 radical (unpaired) electrons. The number of aromatic nitrogens is 3. The van der Waals surface area contributed by atoms with Gasteiger partial charge in [-0.3, -0.25) is 9.59 Å². The number of hydrogen-bond donors (Lipinski definition) is 1. The molecule has 7 heteroatoms. The summed E-state index contributed by atoms with van der Waals surface area (Å²) in [5.74, 6) is 1.87. The first-order valence-corrected chi connectivity index (χ1v) is 10.8. The van der Waals surface area contributed by atoms with Crippen LogP contribution in [0, 0.1) is 5.92 Å². The molecular formula is C22H29N5O2. The summed E-state index contributed by atoms with van der Waals surface area (Å²) in [4.78, 5) is 26.6. The second-order valence-corrected chi connectivity index (χ2v) is 8.00. The molecule has 1 atom stereocenters. The second kappa shape index (κ2) is 8.76. The fourth-order valence-electron chi connectivity index (χ4n) is 4.32. The zero-order valence-corrected chi connectivity index (χ0v) is 17.1. The minimum Gasteiger partial charge on any atom is -0.342 e. The Bertz CT molecular complexity index is 891. The van der Waals surface area contributed by atoms with E-state index in [-0.39, 0.29) is 17.7 Å². The number of amides is 2. The van der Waals surface area contributed by atoms with Crippen molar-refractivity contribution in [2.45, 2.75) is 58.4 Å². The van der Waals surface area contributed by atoms with Gasteiger partial charge in [0.2, 0.25) is 11.8 Å². The van der Waals surface area contributed by atoms with Gasteiger partial charge in [-0.25, -0.2) is 0 Å². The third-order valence-electron chi connectivity index (χ3n) is 5.95. The minimum absolute atomic E-state index is 0.0178. The molecule has 2 aliphatic rings. The number of nitrogens with zero attached hydrogens (tertiary/aromatic N) is 4. The Morgan fingerprint density at radius 3 is 2.90 bits per heavy atom. The van der Waals surface area contributed by atoms with Crippen LogP contribution in [0.25, 0.3) is 11.4 Å². The summed E-state index contributed by atoms with van der Waals surface area (Å²) in [6.07, 6.45) is 6.66. The molecule has 1 aromatic carbocycles. The van der Waals surface area contributed by atoms with Crippen molar-refractivity contribution in [3.8, 4) is 11.4 Å². The molecule has 29 heavy (non-hydrogen) atoms. The van der Waals surface area contributed by atoms with Gasteiger partial charge in [-0.05, 0) is 37.8 Å². The lowest BCUT2D eigenvalue weighted by molar-refractivity contribution is -0.134. The van der Waals surface area contributed by atoms with Crippen LogP contribution in [0.3, 0.4) is 0 Å². The number of nitrogens with one attached hydrogen (secondary N) is 1. The number of carbonyl (C=O) groups is 2. The Labute approximate surface area is 171 Å². The van der Waals surface area contributed by atoms with Gasteiger partial charge in [0.25, 0.3) is 0 Å². The number of likely N-dealkylation sites (tertiary alicyclic amines) is 1. The number of carbonyl (C=O) groups excluding carboxylic acids is 2. The molecule has 0 bridgehead atoms. The molecule has 1 aromatic heterocycles. The van der Waals surface area contributed by atoms with E-state index in [0.717, 1.165) is 68.1 Å². The first-order valence-electron chi connectivity index (χ1n) is 10.8. The number of hydrogen-bond acceptors (Lipinski definition) is 4. The summed E-state index contributed by atoms with van der Waals surface area (Å²) in [6, 6.07) is 7.83. The van der Waals surface area contributed by atoms with Gasteiger partial charge in [0.1, 0.15) is 5.82 Å². The quantitative estimate of drug-likeness (QED) is 0.862. The Balaban J connectivity index is 1.48. The molecule has 2 amide bonds. The van der Waals surface area contributed by atoms with Crippen molar-refractivity contribution >= 4 is 17.5 Å². The van der Waals surface area contributed by atoms with Crippen molar-refractivity contribution in [1.82, 2.24) is 19.7 Å². The van der Waals surface area contributed by atoms with E-state index in [4.69, 9.17) is 0 Å². The Kier molecular flexibility index (Phi) is 5.92. The van der Waals surface area contributed by atoms with E-state index in [1.54, 1.807) is 0 Å². The van der Waals surface area contributed by atoms with Crippen LogP contribution in [-0.4, -0.2) is 44.6 Å². The standard InChI is InChI=1S/C22H29N5O2/c1-2-20(28)26-12-7-9-17(15-26)22(29)23-18-10-6-8-16(14-18)21-25-24-19-11-4-3-5-13-27(19)21/h6,8,10,14,17H,2-5,7,9,11-13,15H2,1H3,(H,23,29). The highest BCUT2D eigenvalue weighted by Gasteiger charge is 2.28. The van der Waals surface area contributed by atoms with Gasteiger partial charge in [-0.15, -0.1) is 10.2 Å². The third kappa shape index (κ3) is 4.33. The predicted octanol–water partition coefficient (Wildman–Crippen LogP) is 3.26. The van der Waals surface area contributed by atoms with Crippen LogP contribution in [0.2, 0.25) is 0 Å². The minimum atomic E-state index is -0.160. The molecular weight excluding hydrogens is 366 g/mol. The van der Waals surface area contributed by atoms with E-state index in [0.29, 0.717) is 13.0 Å². The van der Waals surface area contributed by atoms with Crippen LogP contribution >= 0.6 is 0 Å². The molecule has 1 N–H and O–H groups in total. The zero-order chi connectivity index (χ0) is 20.2. The van der Waals surface area contributed by atoms with Gasteiger partial charge >= 0.3 is 0 Å². The lowest BCUT2D eigenvalue weighted by Crippen LogP contribution is -2.43. The fourth-order valence-corrected chi connectivity index (χ4v) is 4.32. The number of rotatable bonds is 4. The molecule has 2 aromatic rings. The molecule has 0 aliphatic carbocycles. The van der Waals surface area contributed by atoms with Gasteiger partial charge in [0.15, 0.2) is 5.82 Å². The molecule has 154 valence electrons. The maximum absolute atomic E-state index is 12.8. The molecule has 3 heterocycles. The van der Waals surface area contributed by atoms with E-state index in [1.165, 1.54) is 6.42 Å². The monoisotopic (exact) mass is 395 g/mol. The van der Waals surface area contributed by atoms with Crippen molar-refractivity contribution in [3.63, 3.8) is 0 Å². The number of piperidine rings is 1. The van der Waals surface area contributed by atoms with E-state index >= 15 is 0 Å². The first-order chi connectivity index (χ1) is 14.2. The lowest BCUT2D eigenvalue weighted by Gasteiger charge is -2.31. The highest BCUT2D eigenvalue weighted by molar-refractivity contribution is 5.93. The summed E-state index contributed by atoms with van der Waals surface area (Å²) >= 11 is 0. The largest absolute Gasteiger partial charge is 0.342 e. The van der Waals surface area contributed by atoms with Crippen LogP contribution in [0.1, 0.15) is 51.3 Å². The van der Waals surface area contributed by atoms with Crippen LogP contribution in [0.15, 0.2) is 24.3 Å². The number of aryl methyl sites for hydroxylation is 1. The summed E-state index contributed by atoms with van der Waals surface area (Å²) < 4.78 is 2.21. The van der Waals surface area contributed by atoms with Crippen molar-refractivity contribution in [2.24, 2.45) is 5.92 Å². The van der Waals surface area contributed by atoms with Crippen molar-refractivity contribution in [2.75, 3.05) is 18.4 Å². The molecule has 1 saturated heterocycles.